The van der Waals surface area contributed by atoms with Gasteiger partial charge in [-0.2, -0.15) is 5.10 Å². The minimum atomic E-state index is -2.65. The quantitative estimate of drug-likeness (QED) is 0.906. The van der Waals surface area contributed by atoms with E-state index in [1.807, 2.05) is 0 Å². The van der Waals surface area contributed by atoms with Crippen molar-refractivity contribution in [3.05, 3.63) is 29.1 Å². The second-order valence-electron chi connectivity index (χ2n) is 5.46. The number of rotatable bonds is 2. The summed E-state index contributed by atoms with van der Waals surface area (Å²) in [6.45, 7) is 3.56. The summed E-state index contributed by atoms with van der Waals surface area (Å²) in [7, 11) is -1.64. The number of hydrogen-bond donors (Lipinski definition) is 1. The molecule has 22 heavy (non-hydrogen) atoms. The molecular formula is C14H15F2N3O2S. The number of nitrogens with one attached hydrogen (secondary N) is 1. The van der Waals surface area contributed by atoms with Gasteiger partial charge in [-0.05, 0) is 25.8 Å². The maximum atomic E-state index is 13.3. The normalized spacial score (nSPS) is 24.0. The fraction of sp³-hybridized carbons (Fsp3) is 0.429. The highest BCUT2D eigenvalue weighted by Crippen LogP contribution is 2.38. The predicted octanol–water partition coefficient (Wildman–Crippen LogP) is 2.29. The van der Waals surface area contributed by atoms with Crippen molar-refractivity contribution in [2.24, 2.45) is 0 Å². The molecule has 0 spiro atoms. The first-order chi connectivity index (χ1) is 10.3. The van der Waals surface area contributed by atoms with Crippen LogP contribution in [-0.4, -0.2) is 25.8 Å². The van der Waals surface area contributed by atoms with Gasteiger partial charge in [-0.3, -0.25) is 9.52 Å². The number of carbonyl (C=O) groups excluding carboxylic acids is 1. The zero-order valence-electron chi connectivity index (χ0n) is 12.2. The first-order valence-corrected chi connectivity index (χ1v) is 8.01. The van der Waals surface area contributed by atoms with Gasteiger partial charge in [0.05, 0.1) is 5.69 Å². The first-order valence-electron chi connectivity index (χ1n) is 6.86. The molecule has 1 aromatic rings. The molecule has 1 atom stereocenters. The number of alkyl halides is 2. The summed E-state index contributed by atoms with van der Waals surface area (Å²) in [5.74, 6) is -3.08. The van der Waals surface area contributed by atoms with Crippen LogP contribution in [0.5, 0.6) is 0 Å². The van der Waals surface area contributed by atoms with Crippen molar-refractivity contribution in [2.45, 2.75) is 39.0 Å². The molecule has 118 valence electrons. The van der Waals surface area contributed by atoms with Gasteiger partial charge < -0.3 is 0 Å². The standard InChI is InChI=1S/C14H15F2N3O2S/c1-8-13(10-3-5-14(15,16)6-4-10)9(2)19(17-8)12-7-11(20)18-22(12)21/h3,7H,4-6H2,1-2H3,(H,18,20). The number of amides is 1. The lowest BCUT2D eigenvalue weighted by molar-refractivity contribution is -0.114. The second-order valence-corrected chi connectivity index (χ2v) is 6.62. The highest BCUT2D eigenvalue weighted by Gasteiger charge is 2.33. The lowest BCUT2D eigenvalue weighted by atomic mass is 9.90. The number of carbonyl (C=O) groups is 1. The summed E-state index contributed by atoms with van der Waals surface area (Å²) in [6, 6.07) is 0. The van der Waals surface area contributed by atoms with Gasteiger partial charge in [-0.15, -0.1) is 0 Å². The van der Waals surface area contributed by atoms with Gasteiger partial charge in [0, 0.05) is 30.2 Å². The average molecular weight is 327 g/mol. The van der Waals surface area contributed by atoms with Crippen molar-refractivity contribution in [1.29, 1.82) is 0 Å². The smallest absolute Gasteiger partial charge is 0.258 e. The molecule has 2 aliphatic rings. The molecule has 0 bridgehead atoms. The molecule has 1 aromatic heterocycles. The van der Waals surface area contributed by atoms with E-state index in [0.29, 0.717) is 11.4 Å². The summed E-state index contributed by atoms with van der Waals surface area (Å²) in [4.78, 5) is 11.3. The first kappa shape index (κ1) is 15.1. The third-order valence-corrected chi connectivity index (χ3v) is 4.92. The van der Waals surface area contributed by atoms with E-state index < -0.39 is 22.8 Å². The Hall–Kier alpha value is -1.83. The molecule has 1 unspecified atom stereocenters. The molecule has 0 aromatic carbocycles. The Morgan fingerprint density at radius 1 is 1.41 bits per heavy atom. The molecule has 1 amide bonds. The monoisotopic (exact) mass is 327 g/mol. The molecule has 1 N–H and O–H groups in total. The Morgan fingerprint density at radius 2 is 2.14 bits per heavy atom. The average Bonchev–Trinajstić information content (AvgIpc) is 2.90. The van der Waals surface area contributed by atoms with Crippen LogP contribution >= 0.6 is 0 Å². The number of aromatic nitrogens is 2. The predicted molar refractivity (Wildman–Crippen MR) is 79.0 cm³/mol. The fourth-order valence-corrected chi connectivity index (χ4v) is 3.72. The van der Waals surface area contributed by atoms with Crippen molar-refractivity contribution >= 4 is 27.5 Å². The molecule has 3 rings (SSSR count). The van der Waals surface area contributed by atoms with Gasteiger partial charge in [0.1, 0.15) is 0 Å². The molecule has 5 nitrogen and oxygen atoms in total. The molecular weight excluding hydrogens is 312 g/mol. The van der Waals surface area contributed by atoms with Crippen molar-refractivity contribution in [2.75, 3.05) is 0 Å². The van der Waals surface area contributed by atoms with Crippen LogP contribution < -0.4 is 4.72 Å². The van der Waals surface area contributed by atoms with E-state index in [1.165, 1.54) is 10.8 Å². The summed E-state index contributed by atoms with van der Waals surface area (Å²) >= 11 is 0. The molecule has 8 heteroatoms. The summed E-state index contributed by atoms with van der Waals surface area (Å²) in [5.41, 5.74) is 3.00. The summed E-state index contributed by atoms with van der Waals surface area (Å²) in [5, 5.41) is 4.59. The number of allylic oxidation sites excluding steroid dienone is 2. The lowest BCUT2D eigenvalue weighted by Crippen LogP contribution is -2.18. The highest BCUT2D eigenvalue weighted by molar-refractivity contribution is 7.93. The third-order valence-electron chi connectivity index (χ3n) is 3.87. The second kappa shape index (κ2) is 5.12. The molecule has 1 aliphatic heterocycles. The Balaban J connectivity index is 2.02. The van der Waals surface area contributed by atoms with Crippen LogP contribution in [0.4, 0.5) is 8.78 Å². The van der Waals surface area contributed by atoms with Gasteiger partial charge in [0.15, 0.2) is 16.0 Å². The minimum absolute atomic E-state index is 0.183. The number of halogens is 2. The van der Waals surface area contributed by atoms with Crippen molar-refractivity contribution < 1.29 is 17.8 Å². The maximum Gasteiger partial charge on any atom is 0.258 e. The summed E-state index contributed by atoms with van der Waals surface area (Å²) in [6.07, 6.45) is 2.61. The fourth-order valence-electron chi connectivity index (χ4n) is 2.82. The Labute approximate surface area is 128 Å². The molecule has 2 heterocycles. The van der Waals surface area contributed by atoms with E-state index in [2.05, 4.69) is 9.82 Å². The minimum Gasteiger partial charge on any atom is -0.269 e. The van der Waals surface area contributed by atoms with E-state index >= 15 is 0 Å². The van der Waals surface area contributed by atoms with Crippen LogP contribution in [0.15, 0.2) is 12.2 Å². The molecule has 0 saturated carbocycles. The maximum absolute atomic E-state index is 13.3. The van der Waals surface area contributed by atoms with Crippen LogP contribution in [-0.2, 0) is 15.8 Å². The SMILES string of the molecule is Cc1nn(C2=CC(=O)NS2=O)c(C)c1C1=CCC(F)(F)CC1. The molecule has 0 saturated heterocycles. The van der Waals surface area contributed by atoms with E-state index in [0.717, 1.165) is 11.1 Å². The number of nitrogens with zero attached hydrogens (tertiary/aromatic N) is 2. The van der Waals surface area contributed by atoms with Gasteiger partial charge >= 0.3 is 0 Å². The molecule has 0 radical (unpaired) electrons. The van der Waals surface area contributed by atoms with Crippen LogP contribution in [0.2, 0.25) is 0 Å². The lowest BCUT2D eigenvalue weighted by Gasteiger charge is -2.21. The van der Waals surface area contributed by atoms with Gasteiger partial charge in [-0.25, -0.2) is 17.7 Å². The largest absolute Gasteiger partial charge is 0.269 e. The van der Waals surface area contributed by atoms with Crippen LogP contribution in [0.25, 0.3) is 10.6 Å². The highest BCUT2D eigenvalue weighted by atomic mass is 32.2. The number of aryl methyl sites for hydroxylation is 1. The van der Waals surface area contributed by atoms with Crippen LogP contribution in [0, 0.1) is 13.8 Å². The Kier molecular flexibility index (Phi) is 3.51. The van der Waals surface area contributed by atoms with Crippen molar-refractivity contribution in [3.8, 4) is 0 Å². The van der Waals surface area contributed by atoms with Crippen LogP contribution in [0.3, 0.4) is 0 Å². The van der Waals surface area contributed by atoms with Gasteiger partial charge in [-0.1, -0.05) is 6.08 Å². The van der Waals surface area contributed by atoms with Crippen molar-refractivity contribution in [1.82, 2.24) is 14.5 Å². The van der Waals surface area contributed by atoms with Crippen LogP contribution in [0.1, 0.15) is 36.2 Å². The van der Waals surface area contributed by atoms with Gasteiger partial charge in [0.2, 0.25) is 0 Å². The number of hydrogen-bond acceptors (Lipinski definition) is 3. The zero-order chi connectivity index (χ0) is 16.1. The zero-order valence-corrected chi connectivity index (χ0v) is 13.0. The van der Waals surface area contributed by atoms with Crippen molar-refractivity contribution in [3.63, 3.8) is 0 Å². The van der Waals surface area contributed by atoms with Gasteiger partial charge in [0.25, 0.3) is 11.8 Å². The molecule has 1 aliphatic carbocycles. The van der Waals surface area contributed by atoms with E-state index in [9.17, 15) is 17.8 Å². The third kappa shape index (κ3) is 2.51. The summed E-state index contributed by atoms with van der Waals surface area (Å²) < 4.78 is 42.1. The van der Waals surface area contributed by atoms with E-state index in [-0.39, 0.29) is 24.3 Å². The van der Waals surface area contributed by atoms with E-state index in [1.54, 1.807) is 19.9 Å². The Bertz CT molecular complexity index is 750. The molecule has 0 fully saturated rings. The Morgan fingerprint density at radius 3 is 2.68 bits per heavy atom. The topological polar surface area (TPSA) is 64.0 Å². The van der Waals surface area contributed by atoms with E-state index in [4.69, 9.17) is 0 Å².